The third-order valence-electron chi connectivity index (χ3n) is 5.06. The zero-order chi connectivity index (χ0) is 22.2. The minimum absolute atomic E-state index is 0.107. The molecule has 31 heavy (non-hydrogen) atoms. The molecule has 0 spiro atoms. The second-order valence-electron chi connectivity index (χ2n) is 7.31. The monoisotopic (exact) mass is 420 g/mol. The fourth-order valence-electron chi connectivity index (χ4n) is 3.21. The lowest BCUT2D eigenvalue weighted by Gasteiger charge is -2.19. The Morgan fingerprint density at radius 1 is 0.903 bits per heavy atom. The first-order valence-corrected chi connectivity index (χ1v) is 10.1. The summed E-state index contributed by atoms with van der Waals surface area (Å²) in [7, 11) is 1.71. The lowest BCUT2D eigenvalue weighted by atomic mass is 10.0. The Morgan fingerprint density at radius 3 is 2.23 bits per heavy atom. The van der Waals surface area contributed by atoms with Gasteiger partial charge in [-0.3, -0.25) is 9.69 Å². The topological polar surface area (TPSA) is 69.6 Å². The van der Waals surface area contributed by atoms with E-state index in [0.29, 0.717) is 19.4 Å². The summed E-state index contributed by atoms with van der Waals surface area (Å²) in [4.78, 5) is 24.8. The number of carbonyl (C=O) groups is 2. The van der Waals surface area contributed by atoms with Crippen LogP contribution in [-0.4, -0.2) is 30.7 Å². The summed E-state index contributed by atoms with van der Waals surface area (Å²) in [6.07, 6.45) is 1.22. The Morgan fingerprint density at radius 2 is 1.55 bits per heavy atom. The third kappa shape index (κ3) is 6.40. The molecule has 0 aliphatic rings. The van der Waals surface area contributed by atoms with Gasteiger partial charge in [-0.25, -0.2) is 9.18 Å². The number of carboxylic acid groups (broad SMARTS) is 1. The molecule has 2 N–H and O–H groups in total. The van der Waals surface area contributed by atoms with Gasteiger partial charge in [0, 0.05) is 25.7 Å². The number of hydrogen-bond donors (Lipinski definition) is 2. The Bertz CT molecular complexity index is 1030. The van der Waals surface area contributed by atoms with Crippen molar-refractivity contribution in [3.63, 3.8) is 0 Å². The van der Waals surface area contributed by atoms with E-state index >= 15 is 0 Å². The highest BCUT2D eigenvalue weighted by molar-refractivity contribution is 5.92. The molecule has 0 heterocycles. The van der Waals surface area contributed by atoms with Crippen molar-refractivity contribution in [3.8, 4) is 11.1 Å². The summed E-state index contributed by atoms with van der Waals surface area (Å²) in [5.74, 6) is -1.09. The average molecular weight is 420 g/mol. The molecular formula is C25H25FN2O3. The second kappa shape index (κ2) is 10.4. The standard InChI is InChI=1S/C25H25FN2O3/c1-28(25(31)27-16-15-19-7-12-22(26)13-8-19)23-4-2-3-21(17-23)20-10-5-18(6-11-20)9-14-24(29)30/h2-8,10-13,17H,9,14-16H2,1H3,(H,27,31)(H,29,30). The summed E-state index contributed by atoms with van der Waals surface area (Å²) >= 11 is 0. The molecule has 0 aliphatic heterocycles. The number of amides is 2. The number of aryl methyl sites for hydroxylation is 1. The number of hydrogen-bond acceptors (Lipinski definition) is 2. The molecule has 0 saturated carbocycles. The number of carbonyl (C=O) groups excluding carboxylic acids is 1. The number of urea groups is 1. The molecule has 0 unspecified atom stereocenters. The maximum absolute atomic E-state index is 13.0. The molecule has 0 bridgehead atoms. The SMILES string of the molecule is CN(C(=O)NCCc1ccc(F)cc1)c1cccc(-c2ccc(CCC(=O)O)cc2)c1. The molecule has 0 aromatic heterocycles. The zero-order valence-electron chi connectivity index (χ0n) is 17.3. The van der Waals surface area contributed by atoms with Crippen LogP contribution >= 0.6 is 0 Å². The van der Waals surface area contributed by atoms with E-state index in [1.54, 1.807) is 24.1 Å². The van der Waals surface area contributed by atoms with Crippen LogP contribution in [0.5, 0.6) is 0 Å². The van der Waals surface area contributed by atoms with E-state index in [4.69, 9.17) is 5.11 Å². The Kier molecular flexibility index (Phi) is 7.38. The van der Waals surface area contributed by atoms with E-state index in [2.05, 4.69) is 5.32 Å². The number of anilines is 1. The minimum Gasteiger partial charge on any atom is -0.481 e. The van der Waals surface area contributed by atoms with E-state index in [-0.39, 0.29) is 18.3 Å². The Balaban J connectivity index is 1.59. The van der Waals surface area contributed by atoms with Crippen molar-refractivity contribution < 1.29 is 19.1 Å². The lowest BCUT2D eigenvalue weighted by molar-refractivity contribution is -0.136. The van der Waals surface area contributed by atoms with Crippen molar-refractivity contribution in [1.82, 2.24) is 5.32 Å². The zero-order valence-corrected chi connectivity index (χ0v) is 17.3. The minimum atomic E-state index is -0.809. The molecule has 0 radical (unpaired) electrons. The van der Waals surface area contributed by atoms with Gasteiger partial charge in [-0.2, -0.15) is 0 Å². The van der Waals surface area contributed by atoms with Gasteiger partial charge in [0.05, 0.1) is 0 Å². The van der Waals surface area contributed by atoms with Crippen LogP contribution in [0.15, 0.2) is 72.8 Å². The van der Waals surface area contributed by atoms with Crippen LogP contribution in [0.25, 0.3) is 11.1 Å². The molecule has 2 amide bonds. The maximum Gasteiger partial charge on any atom is 0.321 e. The maximum atomic E-state index is 13.0. The van der Waals surface area contributed by atoms with Gasteiger partial charge in [0.25, 0.3) is 0 Å². The van der Waals surface area contributed by atoms with E-state index in [1.807, 2.05) is 48.5 Å². The average Bonchev–Trinajstić information content (AvgIpc) is 2.79. The molecule has 6 heteroatoms. The molecule has 0 aliphatic carbocycles. The van der Waals surface area contributed by atoms with Gasteiger partial charge >= 0.3 is 12.0 Å². The van der Waals surface area contributed by atoms with Gasteiger partial charge in [-0.05, 0) is 59.4 Å². The predicted octanol–water partition coefficient (Wildman–Crippen LogP) is 4.90. The van der Waals surface area contributed by atoms with E-state index in [1.165, 1.54) is 12.1 Å². The van der Waals surface area contributed by atoms with Gasteiger partial charge in [-0.1, -0.05) is 48.5 Å². The summed E-state index contributed by atoms with van der Waals surface area (Å²) in [6.45, 7) is 0.451. The van der Waals surface area contributed by atoms with Crippen LogP contribution in [0.1, 0.15) is 17.5 Å². The first-order chi connectivity index (χ1) is 14.9. The number of aliphatic carboxylic acids is 1. The van der Waals surface area contributed by atoms with Gasteiger partial charge in [0.2, 0.25) is 0 Å². The summed E-state index contributed by atoms with van der Waals surface area (Å²) in [6, 6.07) is 21.5. The lowest BCUT2D eigenvalue weighted by Crippen LogP contribution is -2.38. The first kappa shape index (κ1) is 22.0. The predicted molar refractivity (Wildman–Crippen MR) is 120 cm³/mol. The molecule has 160 valence electrons. The van der Waals surface area contributed by atoms with Crippen molar-refractivity contribution in [1.29, 1.82) is 0 Å². The van der Waals surface area contributed by atoms with Crippen LogP contribution in [0.4, 0.5) is 14.9 Å². The molecule has 0 atom stereocenters. The van der Waals surface area contributed by atoms with Gasteiger partial charge in [0.15, 0.2) is 0 Å². The molecule has 5 nitrogen and oxygen atoms in total. The summed E-state index contributed by atoms with van der Waals surface area (Å²) < 4.78 is 13.0. The highest BCUT2D eigenvalue weighted by atomic mass is 19.1. The number of nitrogens with zero attached hydrogens (tertiary/aromatic N) is 1. The summed E-state index contributed by atoms with van der Waals surface area (Å²) in [5, 5.41) is 11.7. The van der Waals surface area contributed by atoms with Crippen LogP contribution < -0.4 is 10.2 Å². The van der Waals surface area contributed by atoms with Crippen LogP contribution in [-0.2, 0) is 17.6 Å². The highest BCUT2D eigenvalue weighted by Gasteiger charge is 2.11. The number of benzene rings is 3. The van der Waals surface area contributed by atoms with Gasteiger partial charge < -0.3 is 10.4 Å². The quantitative estimate of drug-likeness (QED) is 0.545. The molecule has 3 aromatic rings. The normalized spacial score (nSPS) is 10.5. The van der Waals surface area contributed by atoms with Crippen molar-refractivity contribution >= 4 is 17.7 Å². The molecule has 3 rings (SSSR count). The number of carboxylic acids is 1. The van der Waals surface area contributed by atoms with Crippen LogP contribution in [0.3, 0.4) is 0 Å². The van der Waals surface area contributed by atoms with E-state index in [0.717, 1.165) is 27.9 Å². The fraction of sp³-hybridized carbons (Fsp3) is 0.200. The highest BCUT2D eigenvalue weighted by Crippen LogP contribution is 2.25. The van der Waals surface area contributed by atoms with Crippen LogP contribution in [0.2, 0.25) is 0 Å². The fourth-order valence-corrected chi connectivity index (χ4v) is 3.21. The summed E-state index contributed by atoms with van der Waals surface area (Å²) in [5.41, 5.74) is 4.64. The van der Waals surface area contributed by atoms with Gasteiger partial charge in [-0.15, -0.1) is 0 Å². The first-order valence-electron chi connectivity index (χ1n) is 10.1. The van der Waals surface area contributed by atoms with Crippen molar-refractivity contribution in [2.45, 2.75) is 19.3 Å². The van der Waals surface area contributed by atoms with Crippen molar-refractivity contribution in [2.24, 2.45) is 0 Å². The smallest absolute Gasteiger partial charge is 0.321 e. The molecule has 3 aromatic carbocycles. The molecular weight excluding hydrogens is 395 g/mol. The van der Waals surface area contributed by atoms with Crippen molar-refractivity contribution in [3.05, 3.63) is 89.7 Å². The van der Waals surface area contributed by atoms with Crippen molar-refractivity contribution in [2.75, 3.05) is 18.5 Å². The number of halogens is 1. The van der Waals surface area contributed by atoms with E-state index in [9.17, 15) is 14.0 Å². The molecule has 0 saturated heterocycles. The van der Waals surface area contributed by atoms with Crippen LogP contribution in [0, 0.1) is 5.82 Å². The largest absolute Gasteiger partial charge is 0.481 e. The number of nitrogens with one attached hydrogen (secondary N) is 1. The second-order valence-corrected chi connectivity index (χ2v) is 7.31. The van der Waals surface area contributed by atoms with Gasteiger partial charge in [0.1, 0.15) is 5.82 Å². The van der Waals surface area contributed by atoms with E-state index < -0.39 is 5.97 Å². The Labute approximate surface area is 181 Å². The Hall–Kier alpha value is -3.67. The molecule has 0 fully saturated rings. The number of rotatable bonds is 8. The third-order valence-corrected chi connectivity index (χ3v) is 5.06.